The highest BCUT2D eigenvalue weighted by molar-refractivity contribution is 8.01. The van der Waals surface area contributed by atoms with Crippen molar-refractivity contribution in [3.8, 4) is 0 Å². The molecule has 1 amide bonds. The number of aliphatic hydroxyl groups excluding tert-OH is 3. The molecular formula is C33H42N4O10S2. The summed E-state index contributed by atoms with van der Waals surface area (Å²) in [7, 11) is -3.18. The summed E-state index contributed by atoms with van der Waals surface area (Å²) in [5.74, 6) is -1.22. The molecule has 2 aliphatic rings. The Balaban J connectivity index is 1.36. The van der Waals surface area contributed by atoms with Crippen molar-refractivity contribution in [1.29, 1.82) is 0 Å². The van der Waals surface area contributed by atoms with Crippen LogP contribution >= 0.6 is 11.8 Å². The molecule has 5 rings (SSSR count). The Hall–Kier alpha value is -3.38. The summed E-state index contributed by atoms with van der Waals surface area (Å²) in [5.41, 5.74) is 1.62. The third-order valence-electron chi connectivity index (χ3n) is 8.74. The maximum atomic E-state index is 13.3. The average molecular weight is 719 g/mol. The van der Waals surface area contributed by atoms with Crippen molar-refractivity contribution < 1.29 is 47.0 Å². The summed E-state index contributed by atoms with van der Waals surface area (Å²) >= 11 is 0.925. The van der Waals surface area contributed by atoms with Gasteiger partial charge in [-0.15, -0.1) is 5.10 Å². The molecule has 1 aliphatic carbocycles. The quantitative estimate of drug-likeness (QED) is 0.148. The van der Waals surface area contributed by atoms with E-state index in [1.165, 1.54) is 23.2 Å². The minimum absolute atomic E-state index is 0.155. The molecule has 4 unspecified atom stereocenters. The van der Waals surface area contributed by atoms with E-state index in [1.807, 2.05) is 0 Å². The lowest BCUT2D eigenvalue weighted by Gasteiger charge is -2.47. The fourth-order valence-corrected chi connectivity index (χ4v) is 8.28. The monoisotopic (exact) mass is 718 g/mol. The molecule has 14 nitrogen and oxygen atoms in total. The summed E-state index contributed by atoms with van der Waals surface area (Å²) in [4.78, 5) is 25.1. The summed E-state index contributed by atoms with van der Waals surface area (Å²) in [6.07, 6.45) is -0.273. The van der Waals surface area contributed by atoms with Crippen LogP contribution in [0.3, 0.4) is 0 Å². The van der Waals surface area contributed by atoms with Crippen LogP contribution in [-0.2, 0) is 39.9 Å². The minimum Gasteiger partial charge on any atom is -0.466 e. The fraction of sp³-hybridized carbons (Fsp3) is 0.515. The number of esters is 1. The number of aromatic nitrogens is 3. The standard InChI is InChI=1S/C33H42N4O10S2/c1-21-13-15-24(16-14-21)49(43,44)46-20-27(39)30(41)31-29(34-28(40)19-37-18-25(35-36-37)22-9-5-3-6-10-22)26(38)17-33(47-31,32(42)45-2)48-23-11-7-4-8-12-23/h4,7-8,11-16,18,22,26-27,29-31,38-39,41H,3,5-6,9-10,17,19-20H2,1-2H3,(H,34,40)/t26?,27-,29?,30-,31?,33?/m1/s1. The Morgan fingerprint density at radius 2 is 1.80 bits per heavy atom. The van der Waals surface area contributed by atoms with E-state index < -0.39 is 64.0 Å². The predicted octanol–water partition coefficient (Wildman–Crippen LogP) is 2.06. The number of aliphatic hydroxyl groups is 3. The third-order valence-corrected chi connectivity index (χ3v) is 11.3. The predicted molar refractivity (Wildman–Crippen MR) is 177 cm³/mol. The molecular weight excluding hydrogens is 677 g/mol. The molecule has 2 heterocycles. The average Bonchev–Trinajstić information content (AvgIpc) is 3.57. The van der Waals surface area contributed by atoms with Crippen molar-refractivity contribution in [3.05, 3.63) is 72.1 Å². The molecule has 1 saturated heterocycles. The highest BCUT2D eigenvalue weighted by Crippen LogP contribution is 2.44. The van der Waals surface area contributed by atoms with E-state index in [0.717, 1.165) is 55.8 Å². The second-order valence-electron chi connectivity index (χ2n) is 12.4. The first-order chi connectivity index (χ1) is 23.4. The molecule has 4 N–H and O–H groups in total. The zero-order valence-corrected chi connectivity index (χ0v) is 28.9. The zero-order chi connectivity index (χ0) is 35.2. The van der Waals surface area contributed by atoms with Crippen molar-refractivity contribution in [3.63, 3.8) is 0 Å². The van der Waals surface area contributed by atoms with E-state index >= 15 is 0 Å². The van der Waals surface area contributed by atoms with E-state index in [1.54, 1.807) is 55.6 Å². The number of nitrogens with zero attached hydrogens (tertiary/aromatic N) is 3. The number of amides is 1. The summed E-state index contributed by atoms with van der Waals surface area (Å²) in [5, 5.41) is 44.9. The van der Waals surface area contributed by atoms with Crippen molar-refractivity contribution in [2.24, 2.45) is 0 Å². The first kappa shape index (κ1) is 36.9. The molecule has 3 aromatic rings. The maximum absolute atomic E-state index is 13.3. The summed E-state index contributed by atoms with van der Waals surface area (Å²) in [6, 6.07) is 13.2. The van der Waals surface area contributed by atoms with Crippen molar-refractivity contribution in [1.82, 2.24) is 20.3 Å². The number of hydrogen-bond donors (Lipinski definition) is 4. The molecule has 266 valence electrons. The number of ether oxygens (including phenoxy) is 2. The van der Waals surface area contributed by atoms with Gasteiger partial charge in [0.1, 0.15) is 24.9 Å². The number of thioether (sulfide) groups is 1. The second-order valence-corrected chi connectivity index (χ2v) is 15.3. The highest BCUT2D eigenvalue weighted by Gasteiger charge is 2.56. The molecule has 6 atom stereocenters. The molecule has 1 aliphatic heterocycles. The lowest BCUT2D eigenvalue weighted by Crippen LogP contribution is -2.66. The van der Waals surface area contributed by atoms with E-state index in [2.05, 4.69) is 15.6 Å². The molecule has 1 saturated carbocycles. The Morgan fingerprint density at radius 1 is 1.10 bits per heavy atom. The summed E-state index contributed by atoms with van der Waals surface area (Å²) in [6.45, 7) is 0.622. The van der Waals surface area contributed by atoms with Gasteiger partial charge in [-0.1, -0.05) is 72.1 Å². The molecule has 0 spiro atoms. The van der Waals surface area contributed by atoms with E-state index in [0.29, 0.717) is 4.90 Å². The Kier molecular flexibility index (Phi) is 12.1. The maximum Gasteiger partial charge on any atom is 0.349 e. The Labute approximate surface area is 289 Å². The van der Waals surface area contributed by atoms with Crippen molar-refractivity contribution >= 4 is 33.8 Å². The van der Waals surface area contributed by atoms with E-state index in [9.17, 15) is 33.3 Å². The number of nitrogens with one attached hydrogen (secondary N) is 1. The van der Waals surface area contributed by atoms with Gasteiger partial charge in [-0.2, -0.15) is 8.42 Å². The largest absolute Gasteiger partial charge is 0.466 e. The molecule has 2 aromatic carbocycles. The Bertz CT molecular complexity index is 1670. The third kappa shape index (κ3) is 9.05. The second kappa shape index (κ2) is 16.1. The van der Waals surface area contributed by atoms with Crippen LogP contribution in [0, 0.1) is 6.92 Å². The number of rotatable bonds is 13. The number of hydrogen-bond acceptors (Lipinski definition) is 13. The van der Waals surface area contributed by atoms with Crippen LogP contribution in [0.5, 0.6) is 0 Å². The summed E-state index contributed by atoms with van der Waals surface area (Å²) < 4.78 is 43.3. The van der Waals surface area contributed by atoms with E-state index in [-0.39, 0.29) is 23.8 Å². The normalized spacial score (nSPS) is 24.6. The van der Waals surface area contributed by atoms with Crippen LogP contribution in [0.2, 0.25) is 0 Å². The first-order valence-corrected chi connectivity index (χ1v) is 18.3. The van der Waals surface area contributed by atoms with Gasteiger partial charge < -0.3 is 30.1 Å². The smallest absolute Gasteiger partial charge is 0.349 e. The fourth-order valence-electron chi connectivity index (χ4n) is 6.10. The van der Waals surface area contributed by atoms with Crippen LogP contribution in [0.15, 0.2) is 70.6 Å². The van der Waals surface area contributed by atoms with Crippen molar-refractivity contribution in [2.75, 3.05) is 13.7 Å². The Morgan fingerprint density at radius 3 is 2.47 bits per heavy atom. The van der Waals surface area contributed by atoms with Gasteiger partial charge in [0.2, 0.25) is 10.8 Å². The lowest BCUT2D eigenvalue weighted by molar-refractivity contribution is -0.206. The van der Waals surface area contributed by atoms with E-state index in [4.69, 9.17) is 13.7 Å². The molecule has 16 heteroatoms. The van der Waals surface area contributed by atoms with Crippen LogP contribution in [0.4, 0.5) is 0 Å². The van der Waals surface area contributed by atoms with Gasteiger partial charge in [0.15, 0.2) is 0 Å². The molecule has 2 fully saturated rings. The number of aryl methyl sites for hydroxylation is 1. The van der Waals surface area contributed by atoms with Gasteiger partial charge in [0.25, 0.3) is 10.1 Å². The molecule has 0 radical (unpaired) electrons. The topological polar surface area (TPSA) is 199 Å². The van der Waals surface area contributed by atoms with Gasteiger partial charge >= 0.3 is 5.97 Å². The first-order valence-electron chi connectivity index (χ1n) is 16.1. The van der Waals surface area contributed by atoms with Gasteiger partial charge in [0.05, 0.1) is 36.5 Å². The van der Waals surface area contributed by atoms with Crippen molar-refractivity contribution in [2.45, 2.75) is 103 Å². The minimum atomic E-state index is -4.33. The number of methoxy groups -OCH3 is 1. The number of carbonyl (C=O) groups excluding carboxylic acids is 2. The molecule has 0 bridgehead atoms. The van der Waals surface area contributed by atoms with Gasteiger partial charge in [0, 0.05) is 23.4 Å². The van der Waals surface area contributed by atoms with Crippen LogP contribution in [-0.4, -0.2) is 99.7 Å². The van der Waals surface area contributed by atoms with Gasteiger partial charge in [-0.05, 0) is 44.0 Å². The van der Waals surface area contributed by atoms with Crippen LogP contribution in [0.1, 0.15) is 55.7 Å². The number of carbonyl (C=O) groups is 2. The van der Waals surface area contributed by atoms with Crippen LogP contribution in [0.25, 0.3) is 0 Å². The zero-order valence-electron chi connectivity index (χ0n) is 27.3. The SMILES string of the molecule is COC(=O)C1(Sc2ccccc2)CC(O)C(NC(=O)Cn2cc(C3CCCCC3)nn2)C([C@H](O)[C@H](O)COS(=O)(=O)c2ccc(C)cc2)O1. The van der Waals surface area contributed by atoms with Crippen LogP contribution < -0.4 is 5.32 Å². The molecule has 49 heavy (non-hydrogen) atoms. The highest BCUT2D eigenvalue weighted by atomic mass is 32.2. The molecule has 1 aromatic heterocycles. The number of benzene rings is 2. The lowest BCUT2D eigenvalue weighted by atomic mass is 9.87. The van der Waals surface area contributed by atoms with Gasteiger partial charge in [-0.25, -0.2) is 9.48 Å². The van der Waals surface area contributed by atoms with Gasteiger partial charge in [-0.3, -0.25) is 8.98 Å².